The van der Waals surface area contributed by atoms with Gasteiger partial charge in [-0.2, -0.15) is 0 Å². The first-order valence-electron chi connectivity index (χ1n) is 8.22. The second-order valence-corrected chi connectivity index (χ2v) is 5.94. The first-order chi connectivity index (χ1) is 12.5. The molecule has 1 aliphatic heterocycles. The Hall–Kier alpha value is -3.22. The molecule has 0 saturated heterocycles. The molecular formula is C19H21N3O4. The summed E-state index contributed by atoms with van der Waals surface area (Å²) in [7, 11) is 3.09. The minimum Gasteiger partial charge on any atom is -0.497 e. The number of hydrogen-bond acceptors (Lipinski definition) is 4. The van der Waals surface area contributed by atoms with E-state index >= 15 is 0 Å². The normalized spacial score (nSPS) is 12.3. The van der Waals surface area contributed by atoms with E-state index in [2.05, 4.69) is 10.6 Å². The monoisotopic (exact) mass is 355 g/mol. The number of nitrogens with one attached hydrogen (secondary N) is 2. The SMILES string of the molecule is COc1cc(NC(=O)Nc2ccc3c(c2)N(C(C)=O)CC3)cc(OC)c1. The van der Waals surface area contributed by atoms with Crippen LogP contribution in [-0.4, -0.2) is 32.7 Å². The van der Waals surface area contributed by atoms with Gasteiger partial charge in [-0.15, -0.1) is 0 Å². The lowest BCUT2D eigenvalue weighted by molar-refractivity contribution is -0.116. The number of nitrogens with zero attached hydrogens (tertiary/aromatic N) is 1. The molecule has 0 radical (unpaired) electrons. The van der Waals surface area contributed by atoms with Crippen LogP contribution in [0.25, 0.3) is 0 Å². The summed E-state index contributed by atoms with van der Waals surface area (Å²) in [6, 6.07) is 10.3. The number of fused-ring (bicyclic) bond motifs is 1. The molecular weight excluding hydrogens is 334 g/mol. The number of carbonyl (C=O) groups excluding carboxylic acids is 2. The van der Waals surface area contributed by atoms with E-state index in [4.69, 9.17) is 9.47 Å². The molecule has 7 nitrogen and oxygen atoms in total. The lowest BCUT2D eigenvalue weighted by Crippen LogP contribution is -2.26. The Morgan fingerprint density at radius 2 is 1.62 bits per heavy atom. The van der Waals surface area contributed by atoms with Gasteiger partial charge in [-0.3, -0.25) is 4.79 Å². The van der Waals surface area contributed by atoms with Gasteiger partial charge >= 0.3 is 6.03 Å². The molecule has 0 aromatic heterocycles. The lowest BCUT2D eigenvalue weighted by atomic mass is 10.1. The van der Waals surface area contributed by atoms with Crippen LogP contribution in [0.3, 0.4) is 0 Å². The summed E-state index contributed by atoms with van der Waals surface area (Å²) >= 11 is 0. The number of hydrogen-bond donors (Lipinski definition) is 2. The molecule has 2 aromatic rings. The fourth-order valence-electron chi connectivity index (χ4n) is 2.96. The van der Waals surface area contributed by atoms with Gasteiger partial charge in [0.25, 0.3) is 0 Å². The maximum absolute atomic E-state index is 12.3. The first kappa shape index (κ1) is 17.6. The predicted octanol–water partition coefficient (Wildman–Crippen LogP) is 3.26. The molecule has 0 saturated carbocycles. The number of ether oxygens (including phenoxy) is 2. The highest BCUT2D eigenvalue weighted by Gasteiger charge is 2.22. The summed E-state index contributed by atoms with van der Waals surface area (Å²) in [5.74, 6) is 1.15. The van der Waals surface area contributed by atoms with E-state index in [-0.39, 0.29) is 5.91 Å². The van der Waals surface area contributed by atoms with Gasteiger partial charge in [0, 0.05) is 48.7 Å². The number of benzene rings is 2. The molecule has 0 atom stereocenters. The smallest absolute Gasteiger partial charge is 0.323 e. The molecule has 0 aliphatic carbocycles. The summed E-state index contributed by atoms with van der Waals surface area (Å²) < 4.78 is 10.4. The summed E-state index contributed by atoms with van der Waals surface area (Å²) in [5.41, 5.74) is 3.11. The minimum absolute atomic E-state index is 0.00572. The van der Waals surface area contributed by atoms with Crippen molar-refractivity contribution < 1.29 is 19.1 Å². The Balaban J connectivity index is 1.73. The van der Waals surface area contributed by atoms with Crippen LogP contribution in [0.5, 0.6) is 11.5 Å². The molecule has 3 rings (SSSR count). The van der Waals surface area contributed by atoms with Crippen molar-refractivity contribution in [3.8, 4) is 11.5 Å². The van der Waals surface area contributed by atoms with Crippen LogP contribution in [0, 0.1) is 0 Å². The molecule has 0 bridgehead atoms. The molecule has 7 heteroatoms. The fourth-order valence-corrected chi connectivity index (χ4v) is 2.96. The van der Waals surface area contributed by atoms with Crippen molar-refractivity contribution in [2.24, 2.45) is 0 Å². The largest absolute Gasteiger partial charge is 0.497 e. The molecule has 0 spiro atoms. The van der Waals surface area contributed by atoms with Crippen molar-refractivity contribution in [2.45, 2.75) is 13.3 Å². The van der Waals surface area contributed by atoms with Crippen molar-refractivity contribution >= 4 is 29.0 Å². The van der Waals surface area contributed by atoms with E-state index in [1.807, 2.05) is 18.2 Å². The Morgan fingerprint density at radius 3 is 2.23 bits per heavy atom. The predicted molar refractivity (Wildman–Crippen MR) is 100 cm³/mol. The molecule has 3 amide bonds. The zero-order chi connectivity index (χ0) is 18.7. The summed E-state index contributed by atoms with van der Waals surface area (Å²) in [6.45, 7) is 2.21. The van der Waals surface area contributed by atoms with Gasteiger partial charge < -0.3 is 25.0 Å². The molecule has 2 aromatic carbocycles. The summed E-state index contributed by atoms with van der Waals surface area (Å²) in [4.78, 5) is 25.7. The Labute approximate surface area is 151 Å². The fraction of sp³-hybridized carbons (Fsp3) is 0.263. The molecule has 26 heavy (non-hydrogen) atoms. The topological polar surface area (TPSA) is 79.9 Å². The Morgan fingerprint density at radius 1 is 0.962 bits per heavy atom. The third-order valence-corrected chi connectivity index (χ3v) is 4.23. The highest BCUT2D eigenvalue weighted by atomic mass is 16.5. The lowest BCUT2D eigenvalue weighted by Gasteiger charge is -2.16. The summed E-state index contributed by atoms with van der Waals surface area (Å²) in [6.07, 6.45) is 0.824. The number of methoxy groups -OCH3 is 2. The van der Waals surface area contributed by atoms with E-state index in [0.717, 1.165) is 17.7 Å². The maximum Gasteiger partial charge on any atom is 0.323 e. The summed E-state index contributed by atoms with van der Waals surface area (Å²) in [5, 5.41) is 5.54. The third-order valence-electron chi connectivity index (χ3n) is 4.23. The van der Waals surface area contributed by atoms with Gasteiger partial charge in [0.05, 0.1) is 14.2 Å². The Kier molecular flexibility index (Phi) is 4.97. The average Bonchev–Trinajstić information content (AvgIpc) is 3.04. The second-order valence-electron chi connectivity index (χ2n) is 5.94. The molecule has 2 N–H and O–H groups in total. The van der Waals surface area contributed by atoms with Crippen LogP contribution < -0.4 is 25.0 Å². The first-order valence-corrected chi connectivity index (χ1v) is 8.22. The quantitative estimate of drug-likeness (QED) is 0.882. The molecule has 0 unspecified atom stereocenters. The van der Waals surface area contributed by atoms with Crippen molar-refractivity contribution in [3.63, 3.8) is 0 Å². The van der Waals surface area contributed by atoms with Crippen LogP contribution in [-0.2, 0) is 11.2 Å². The number of amides is 3. The molecule has 136 valence electrons. The van der Waals surface area contributed by atoms with E-state index < -0.39 is 6.03 Å². The van der Waals surface area contributed by atoms with Crippen molar-refractivity contribution in [2.75, 3.05) is 36.3 Å². The number of rotatable bonds is 4. The second kappa shape index (κ2) is 7.35. The molecule has 0 fully saturated rings. The van der Waals surface area contributed by atoms with E-state index in [9.17, 15) is 9.59 Å². The molecule has 1 aliphatic rings. The maximum atomic E-state index is 12.3. The van der Waals surface area contributed by atoms with E-state index in [0.29, 0.717) is 29.4 Å². The van der Waals surface area contributed by atoms with Crippen molar-refractivity contribution in [1.82, 2.24) is 0 Å². The van der Waals surface area contributed by atoms with Crippen LogP contribution >= 0.6 is 0 Å². The van der Waals surface area contributed by atoms with Gasteiger partial charge in [-0.25, -0.2) is 4.79 Å². The van der Waals surface area contributed by atoms with Gasteiger partial charge in [-0.05, 0) is 24.1 Å². The standard InChI is InChI=1S/C19H21N3O4/c1-12(23)22-7-6-13-4-5-14(10-18(13)22)20-19(24)21-15-8-16(25-2)11-17(9-15)26-3/h4-5,8-11H,6-7H2,1-3H3,(H2,20,21,24). The number of carbonyl (C=O) groups is 2. The van der Waals surface area contributed by atoms with Crippen LogP contribution in [0.2, 0.25) is 0 Å². The highest BCUT2D eigenvalue weighted by Crippen LogP contribution is 2.31. The average molecular weight is 355 g/mol. The van der Waals surface area contributed by atoms with Gasteiger partial charge in [0.15, 0.2) is 0 Å². The van der Waals surface area contributed by atoms with Crippen molar-refractivity contribution in [3.05, 3.63) is 42.0 Å². The van der Waals surface area contributed by atoms with Crippen LogP contribution in [0.15, 0.2) is 36.4 Å². The Bertz CT molecular complexity index is 828. The van der Waals surface area contributed by atoms with Crippen LogP contribution in [0.1, 0.15) is 12.5 Å². The van der Waals surface area contributed by atoms with E-state index in [1.165, 1.54) is 6.92 Å². The molecule has 1 heterocycles. The number of urea groups is 1. The van der Waals surface area contributed by atoms with Gasteiger partial charge in [0.1, 0.15) is 11.5 Å². The van der Waals surface area contributed by atoms with Gasteiger partial charge in [-0.1, -0.05) is 6.07 Å². The van der Waals surface area contributed by atoms with Crippen molar-refractivity contribution in [1.29, 1.82) is 0 Å². The third kappa shape index (κ3) is 3.72. The van der Waals surface area contributed by atoms with E-state index in [1.54, 1.807) is 37.3 Å². The number of anilines is 3. The minimum atomic E-state index is -0.396. The highest BCUT2D eigenvalue weighted by molar-refractivity contribution is 6.01. The van der Waals surface area contributed by atoms with Crippen LogP contribution in [0.4, 0.5) is 21.9 Å². The van der Waals surface area contributed by atoms with Gasteiger partial charge in [0.2, 0.25) is 5.91 Å². The zero-order valence-electron chi connectivity index (χ0n) is 15.0. The zero-order valence-corrected chi connectivity index (χ0v) is 15.0.